The zero-order valence-electron chi connectivity index (χ0n) is 16.0. The van der Waals surface area contributed by atoms with E-state index >= 15 is 0 Å². The fourth-order valence-corrected chi connectivity index (χ4v) is 3.71. The molecule has 6 nitrogen and oxygen atoms in total. The molecule has 1 aliphatic rings. The Bertz CT molecular complexity index is 840. The van der Waals surface area contributed by atoms with Crippen molar-refractivity contribution < 1.29 is 9.90 Å². The highest BCUT2D eigenvalue weighted by Gasteiger charge is 2.21. The van der Waals surface area contributed by atoms with E-state index in [9.17, 15) is 14.7 Å². The normalized spacial score (nSPS) is 15.0. The molecule has 1 aromatic heterocycles. The van der Waals surface area contributed by atoms with Crippen molar-refractivity contribution in [3.8, 4) is 0 Å². The number of aliphatic hydroxyl groups is 1. The van der Waals surface area contributed by atoms with Gasteiger partial charge >= 0.3 is 6.03 Å². The van der Waals surface area contributed by atoms with Crippen LogP contribution in [0.2, 0.25) is 0 Å². The molecule has 0 radical (unpaired) electrons. The van der Waals surface area contributed by atoms with Gasteiger partial charge < -0.3 is 20.3 Å². The average Bonchev–Trinajstić information content (AvgIpc) is 2.66. The molecule has 0 spiro atoms. The first-order valence-electron chi connectivity index (χ1n) is 9.85. The van der Waals surface area contributed by atoms with Crippen LogP contribution in [0.3, 0.4) is 0 Å². The van der Waals surface area contributed by atoms with Gasteiger partial charge in [-0.25, -0.2) is 4.79 Å². The SMILES string of the molecule is Cc1ccc2cc(CN(CCCO)C(=O)NC3CCCCC3)c(=O)[nH]c2c1. The summed E-state index contributed by atoms with van der Waals surface area (Å²) in [7, 11) is 0. The highest BCUT2D eigenvalue weighted by Crippen LogP contribution is 2.18. The molecular weight excluding hydrogens is 342 g/mol. The summed E-state index contributed by atoms with van der Waals surface area (Å²) >= 11 is 0. The van der Waals surface area contributed by atoms with Crippen LogP contribution in [-0.4, -0.2) is 40.2 Å². The largest absolute Gasteiger partial charge is 0.396 e. The van der Waals surface area contributed by atoms with E-state index in [1.165, 1.54) is 6.42 Å². The Labute approximate surface area is 159 Å². The molecule has 0 atom stereocenters. The van der Waals surface area contributed by atoms with Crippen molar-refractivity contribution in [3.63, 3.8) is 0 Å². The first-order chi connectivity index (χ1) is 13.1. The third-order valence-electron chi connectivity index (χ3n) is 5.25. The molecule has 1 saturated carbocycles. The minimum absolute atomic E-state index is 0.0144. The zero-order valence-corrected chi connectivity index (χ0v) is 16.0. The number of nitrogens with zero attached hydrogens (tertiary/aromatic N) is 1. The summed E-state index contributed by atoms with van der Waals surface area (Å²) in [5.41, 5.74) is 2.27. The standard InChI is InChI=1S/C21H29N3O3/c1-15-8-9-16-13-17(20(26)23-19(16)12-15)14-24(10-5-11-25)21(27)22-18-6-3-2-4-7-18/h8-9,12-13,18,25H,2-7,10-11,14H2,1H3,(H,22,27)(H,23,26). The topological polar surface area (TPSA) is 85.4 Å². The van der Waals surface area contributed by atoms with Gasteiger partial charge in [-0.1, -0.05) is 31.4 Å². The van der Waals surface area contributed by atoms with Crippen molar-refractivity contribution in [1.82, 2.24) is 15.2 Å². The van der Waals surface area contributed by atoms with Gasteiger partial charge in [0.15, 0.2) is 0 Å². The molecule has 1 heterocycles. The van der Waals surface area contributed by atoms with E-state index in [0.717, 1.165) is 42.1 Å². The number of pyridine rings is 1. The van der Waals surface area contributed by atoms with E-state index in [0.29, 0.717) is 18.5 Å². The Hall–Kier alpha value is -2.34. The van der Waals surface area contributed by atoms with Gasteiger partial charge in [-0.15, -0.1) is 0 Å². The number of H-pyrrole nitrogens is 1. The number of benzene rings is 1. The van der Waals surface area contributed by atoms with Gasteiger partial charge in [0, 0.05) is 30.3 Å². The van der Waals surface area contributed by atoms with E-state index in [-0.39, 0.29) is 30.8 Å². The molecule has 3 N–H and O–H groups in total. The molecule has 2 aromatic rings. The Morgan fingerprint density at radius 2 is 2.04 bits per heavy atom. The Kier molecular flexibility index (Phi) is 6.50. The van der Waals surface area contributed by atoms with Crippen LogP contribution in [0.5, 0.6) is 0 Å². The van der Waals surface area contributed by atoms with Crippen molar-refractivity contribution in [2.24, 2.45) is 0 Å². The van der Waals surface area contributed by atoms with Crippen LogP contribution in [0.1, 0.15) is 49.7 Å². The second-order valence-corrected chi connectivity index (χ2v) is 7.50. The van der Waals surface area contributed by atoms with Crippen LogP contribution in [0.4, 0.5) is 4.79 Å². The smallest absolute Gasteiger partial charge is 0.317 e. The second kappa shape index (κ2) is 9.04. The summed E-state index contributed by atoms with van der Waals surface area (Å²) in [6.07, 6.45) is 6.02. The van der Waals surface area contributed by atoms with Crippen molar-refractivity contribution in [1.29, 1.82) is 0 Å². The maximum atomic E-state index is 12.8. The lowest BCUT2D eigenvalue weighted by Gasteiger charge is -2.28. The van der Waals surface area contributed by atoms with E-state index in [1.807, 2.05) is 31.2 Å². The summed E-state index contributed by atoms with van der Waals surface area (Å²) in [6.45, 7) is 2.65. The molecule has 1 fully saturated rings. The summed E-state index contributed by atoms with van der Waals surface area (Å²) in [5, 5.41) is 13.2. The molecular formula is C21H29N3O3. The van der Waals surface area contributed by atoms with Crippen molar-refractivity contribution >= 4 is 16.9 Å². The number of aromatic nitrogens is 1. The van der Waals surface area contributed by atoms with Crippen LogP contribution >= 0.6 is 0 Å². The van der Waals surface area contributed by atoms with Gasteiger partial charge in [0.2, 0.25) is 0 Å². The quantitative estimate of drug-likeness (QED) is 0.729. The number of aromatic amines is 1. The summed E-state index contributed by atoms with van der Waals surface area (Å²) in [6, 6.07) is 7.83. The number of fused-ring (bicyclic) bond motifs is 1. The molecule has 0 bridgehead atoms. The monoisotopic (exact) mass is 371 g/mol. The maximum absolute atomic E-state index is 12.8. The summed E-state index contributed by atoms with van der Waals surface area (Å²) in [4.78, 5) is 29.8. The summed E-state index contributed by atoms with van der Waals surface area (Å²) in [5.74, 6) is 0. The van der Waals surface area contributed by atoms with Crippen LogP contribution in [0, 0.1) is 6.92 Å². The number of hydrogen-bond donors (Lipinski definition) is 3. The van der Waals surface area contributed by atoms with Crippen LogP contribution in [0.15, 0.2) is 29.1 Å². The number of rotatable bonds is 6. The van der Waals surface area contributed by atoms with Crippen molar-refractivity contribution in [3.05, 3.63) is 45.7 Å². The third kappa shape index (κ3) is 5.10. The predicted octanol–water partition coefficient (Wildman–Crippen LogP) is 3.06. The number of carbonyl (C=O) groups excluding carboxylic acids is 1. The van der Waals surface area contributed by atoms with Gasteiger partial charge in [0.1, 0.15) is 0 Å². The Morgan fingerprint density at radius 1 is 1.26 bits per heavy atom. The molecule has 0 aliphatic heterocycles. The Balaban J connectivity index is 1.77. The maximum Gasteiger partial charge on any atom is 0.317 e. The highest BCUT2D eigenvalue weighted by molar-refractivity contribution is 5.80. The van der Waals surface area contributed by atoms with Gasteiger partial charge in [0.05, 0.1) is 6.54 Å². The number of aryl methyl sites for hydroxylation is 1. The number of carbonyl (C=O) groups is 1. The lowest BCUT2D eigenvalue weighted by molar-refractivity contribution is 0.179. The van der Waals surface area contributed by atoms with Gasteiger partial charge in [-0.2, -0.15) is 0 Å². The first kappa shape index (κ1) is 19.4. The van der Waals surface area contributed by atoms with E-state index in [2.05, 4.69) is 10.3 Å². The number of aliphatic hydroxyl groups excluding tert-OH is 1. The Morgan fingerprint density at radius 3 is 2.78 bits per heavy atom. The first-order valence-corrected chi connectivity index (χ1v) is 9.85. The molecule has 0 unspecified atom stereocenters. The molecule has 3 rings (SSSR count). The molecule has 146 valence electrons. The van der Waals surface area contributed by atoms with Crippen LogP contribution in [0.25, 0.3) is 10.9 Å². The molecule has 1 aliphatic carbocycles. The van der Waals surface area contributed by atoms with Crippen molar-refractivity contribution in [2.45, 2.75) is 58.0 Å². The molecule has 6 heteroatoms. The number of hydrogen-bond acceptors (Lipinski definition) is 3. The van der Waals surface area contributed by atoms with E-state index in [4.69, 9.17) is 0 Å². The minimum Gasteiger partial charge on any atom is -0.396 e. The number of amides is 2. The van der Waals surface area contributed by atoms with Crippen LogP contribution < -0.4 is 10.9 Å². The van der Waals surface area contributed by atoms with Gasteiger partial charge in [-0.05, 0) is 49.3 Å². The van der Waals surface area contributed by atoms with Gasteiger partial charge in [-0.3, -0.25) is 4.79 Å². The van der Waals surface area contributed by atoms with E-state index < -0.39 is 0 Å². The van der Waals surface area contributed by atoms with Gasteiger partial charge in [0.25, 0.3) is 5.56 Å². The zero-order chi connectivity index (χ0) is 19.2. The average molecular weight is 371 g/mol. The molecule has 1 aromatic carbocycles. The molecule has 0 saturated heterocycles. The number of urea groups is 1. The lowest BCUT2D eigenvalue weighted by Crippen LogP contribution is -2.46. The molecule has 2 amide bonds. The highest BCUT2D eigenvalue weighted by atomic mass is 16.3. The molecule has 27 heavy (non-hydrogen) atoms. The van der Waals surface area contributed by atoms with Crippen LogP contribution in [-0.2, 0) is 6.54 Å². The fourth-order valence-electron chi connectivity index (χ4n) is 3.71. The predicted molar refractivity (Wildman–Crippen MR) is 107 cm³/mol. The number of nitrogens with one attached hydrogen (secondary N) is 2. The lowest BCUT2D eigenvalue weighted by atomic mass is 9.96. The van der Waals surface area contributed by atoms with E-state index in [1.54, 1.807) is 4.90 Å². The third-order valence-corrected chi connectivity index (χ3v) is 5.25. The minimum atomic E-state index is -0.174. The summed E-state index contributed by atoms with van der Waals surface area (Å²) < 4.78 is 0. The van der Waals surface area contributed by atoms with Crippen molar-refractivity contribution in [2.75, 3.05) is 13.2 Å². The second-order valence-electron chi connectivity index (χ2n) is 7.50. The fraction of sp³-hybridized carbons (Fsp3) is 0.524.